The van der Waals surface area contributed by atoms with Crippen LogP contribution in [0.3, 0.4) is 0 Å². The number of hydrogen-bond donors (Lipinski definition) is 1. The number of piperidine rings is 1. The molecule has 8 heteroatoms. The molecule has 0 aliphatic carbocycles. The van der Waals surface area contributed by atoms with Gasteiger partial charge in [0.05, 0.1) is 11.3 Å². The predicted molar refractivity (Wildman–Crippen MR) is 111 cm³/mol. The van der Waals surface area contributed by atoms with Gasteiger partial charge in [0.2, 0.25) is 5.91 Å². The lowest BCUT2D eigenvalue weighted by atomic mass is 9.95. The molecule has 6 nitrogen and oxygen atoms in total. The van der Waals surface area contributed by atoms with E-state index < -0.39 is 0 Å². The van der Waals surface area contributed by atoms with Crippen LogP contribution in [0.15, 0.2) is 17.8 Å². The third-order valence-electron chi connectivity index (χ3n) is 6.22. The van der Waals surface area contributed by atoms with Crippen LogP contribution in [0.25, 0.3) is 10.2 Å². The fourth-order valence-corrected chi connectivity index (χ4v) is 5.68. The SMILES string of the molecule is Cl.O=C(C1CCCN(c2ncnc3sccc23)C1)N1C2CCNCC1CC2. The summed E-state index contributed by atoms with van der Waals surface area (Å²) in [6, 6.07) is 2.94. The van der Waals surface area contributed by atoms with E-state index in [9.17, 15) is 4.79 Å². The van der Waals surface area contributed by atoms with Gasteiger partial charge in [-0.15, -0.1) is 23.7 Å². The first-order valence-electron chi connectivity index (χ1n) is 9.77. The molecule has 3 aliphatic heterocycles. The molecule has 3 unspecified atom stereocenters. The predicted octanol–water partition coefficient (Wildman–Crippen LogP) is 2.68. The van der Waals surface area contributed by atoms with E-state index in [2.05, 4.69) is 36.5 Å². The molecule has 2 bridgehead atoms. The van der Waals surface area contributed by atoms with Gasteiger partial charge in [0.15, 0.2) is 0 Å². The number of carbonyl (C=O) groups is 1. The van der Waals surface area contributed by atoms with Crippen LogP contribution in [0, 0.1) is 5.92 Å². The molecule has 3 atom stereocenters. The average molecular weight is 408 g/mol. The van der Waals surface area contributed by atoms with Crippen LogP contribution < -0.4 is 10.2 Å². The topological polar surface area (TPSA) is 61.4 Å². The van der Waals surface area contributed by atoms with Crippen LogP contribution in [0.4, 0.5) is 5.82 Å². The van der Waals surface area contributed by atoms with Crippen LogP contribution in [0.1, 0.15) is 32.1 Å². The molecule has 1 amide bonds. The molecular weight excluding hydrogens is 382 g/mol. The molecule has 0 spiro atoms. The van der Waals surface area contributed by atoms with Crippen molar-refractivity contribution in [3.8, 4) is 0 Å². The quantitative estimate of drug-likeness (QED) is 0.829. The van der Waals surface area contributed by atoms with E-state index in [4.69, 9.17) is 0 Å². The molecule has 27 heavy (non-hydrogen) atoms. The summed E-state index contributed by atoms with van der Waals surface area (Å²) in [7, 11) is 0. The number of aromatic nitrogens is 2. The maximum Gasteiger partial charge on any atom is 0.228 e. The molecule has 0 saturated carbocycles. The Morgan fingerprint density at radius 1 is 1.19 bits per heavy atom. The van der Waals surface area contributed by atoms with Gasteiger partial charge in [0.25, 0.3) is 0 Å². The van der Waals surface area contributed by atoms with Crippen molar-refractivity contribution in [2.75, 3.05) is 31.1 Å². The standard InChI is InChI=1S/C19H25N5OS.ClH/c25-19(24-14-3-4-15(24)10-20-7-5-14)13-2-1-8-23(11-13)17-16-6-9-26-18(16)22-12-21-17;/h6,9,12-15,20H,1-5,7-8,10-11H2;1H. The Balaban J connectivity index is 0.00000180. The Morgan fingerprint density at radius 2 is 2.07 bits per heavy atom. The normalized spacial score (nSPS) is 28.1. The van der Waals surface area contributed by atoms with Crippen molar-refractivity contribution in [3.63, 3.8) is 0 Å². The summed E-state index contributed by atoms with van der Waals surface area (Å²) in [5.41, 5.74) is 0. The second-order valence-electron chi connectivity index (χ2n) is 7.75. The zero-order chi connectivity index (χ0) is 17.5. The third kappa shape index (κ3) is 3.41. The molecule has 1 N–H and O–H groups in total. The lowest BCUT2D eigenvalue weighted by Gasteiger charge is -2.37. The average Bonchev–Trinajstić information content (AvgIpc) is 3.24. The van der Waals surface area contributed by atoms with Crippen LogP contribution in [0.5, 0.6) is 0 Å². The van der Waals surface area contributed by atoms with Crippen LogP contribution in [0.2, 0.25) is 0 Å². The smallest absolute Gasteiger partial charge is 0.228 e. The van der Waals surface area contributed by atoms with Gasteiger partial charge in [-0.3, -0.25) is 4.79 Å². The number of halogens is 1. The number of nitrogens with zero attached hydrogens (tertiary/aromatic N) is 4. The van der Waals surface area contributed by atoms with Gasteiger partial charge in [0.1, 0.15) is 17.0 Å². The number of rotatable bonds is 2. The molecule has 3 fully saturated rings. The van der Waals surface area contributed by atoms with Gasteiger partial charge in [-0.2, -0.15) is 0 Å². The summed E-state index contributed by atoms with van der Waals surface area (Å²) >= 11 is 1.65. The van der Waals surface area contributed by atoms with Gasteiger partial charge in [0, 0.05) is 31.7 Å². The van der Waals surface area contributed by atoms with E-state index >= 15 is 0 Å². The van der Waals surface area contributed by atoms with Crippen molar-refractivity contribution in [2.24, 2.45) is 5.92 Å². The van der Waals surface area contributed by atoms with E-state index in [0.717, 1.165) is 67.9 Å². The Morgan fingerprint density at radius 3 is 3.00 bits per heavy atom. The largest absolute Gasteiger partial charge is 0.355 e. The number of thiophene rings is 1. The van der Waals surface area contributed by atoms with Gasteiger partial charge in [-0.25, -0.2) is 9.97 Å². The van der Waals surface area contributed by atoms with Gasteiger partial charge in [-0.05, 0) is 50.1 Å². The van der Waals surface area contributed by atoms with Crippen molar-refractivity contribution < 1.29 is 4.79 Å². The first-order chi connectivity index (χ1) is 12.8. The fraction of sp³-hybridized carbons (Fsp3) is 0.632. The van der Waals surface area contributed by atoms with Crippen LogP contribution in [-0.4, -0.2) is 59.0 Å². The minimum atomic E-state index is 0. The maximum absolute atomic E-state index is 13.4. The minimum Gasteiger partial charge on any atom is -0.355 e. The Hall–Kier alpha value is -1.44. The lowest BCUT2D eigenvalue weighted by Crippen LogP contribution is -2.49. The Bertz CT molecular complexity index is 800. The highest BCUT2D eigenvalue weighted by Crippen LogP contribution is 2.34. The number of nitrogens with one attached hydrogen (secondary N) is 1. The number of anilines is 1. The van der Waals surface area contributed by atoms with E-state index in [1.54, 1.807) is 17.7 Å². The summed E-state index contributed by atoms with van der Waals surface area (Å²) in [6.45, 7) is 3.75. The summed E-state index contributed by atoms with van der Waals surface area (Å²) < 4.78 is 0. The first kappa shape index (κ1) is 18.9. The zero-order valence-electron chi connectivity index (χ0n) is 15.3. The van der Waals surface area contributed by atoms with Crippen LogP contribution in [-0.2, 0) is 4.79 Å². The Labute approximate surface area is 169 Å². The first-order valence-corrected chi connectivity index (χ1v) is 10.7. The molecule has 146 valence electrons. The minimum absolute atomic E-state index is 0. The summed E-state index contributed by atoms with van der Waals surface area (Å²) in [5.74, 6) is 1.46. The highest BCUT2D eigenvalue weighted by atomic mass is 35.5. The van der Waals surface area contributed by atoms with E-state index in [1.807, 2.05) is 0 Å². The molecule has 2 aromatic rings. The van der Waals surface area contributed by atoms with Crippen molar-refractivity contribution in [1.29, 1.82) is 0 Å². The molecule has 2 aromatic heterocycles. The third-order valence-corrected chi connectivity index (χ3v) is 7.04. The summed E-state index contributed by atoms with van der Waals surface area (Å²) in [4.78, 5) is 27.9. The van der Waals surface area contributed by atoms with E-state index in [1.165, 1.54) is 6.42 Å². The molecule has 0 aromatic carbocycles. The van der Waals surface area contributed by atoms with Crippen LogP contribution >= 0.6 is 23.7 Å². The maximum atomic E-state index is 13.4. The van der Waals surface area contributed by atoms with Gasteiger partial charge >= 0.3 is 0 Å². The second kappa shape index (κ2) is 7.89. The van der Waals surface area contributed by atoms with Crippen molar-refractivity contribution in [1.82, 2.24) is 20.2 Å². The molecule has 0 radical (unpaired) electrons. The monoisotopic (exact) mass is 407 g/mol. The second-order valence-corrected chi connectivity index (χ2v) is 8.64. The number of amides is 1. The van der Waals surface area contributed by atoms with Gasteiger partial charge < -0.3 is 15.1 Å². The number of hydrogen-bond acceptors (Lipinski definition) is 6. The molecule has 5 rings (SSSR count). The lowest BCUT2D eigenvalue weighted by molar-refractivity contribution is -0.138. The molecule has 5 heterocycles. The zero-order valence-corrected chi connectivity index (χ0v) is 17.0. The highest BCUT2D eigenvalue weighted by Gasteiger charge is 2.41. The van der Waals surface area contributed by atoms with Crippen molar-refractivity contribution >= 4 is 45.7 Å². The Kier molecular flexibility index (Phi) is 5.53. The fourth-order valence-electron chi connectivity index (χ4n) is 4.95. The van der Waals surface area contributed by atoms with Gasteiger partial charge in [-0.1, -0.05) is 0 Å². The van der Waals surface area contributed by atoms with Crippen molar-refractivity contribution in [2.45, 2.75) is 44.2 Å². The van der Waals surface area contributed by atoms with E-state index in [-0.39, 0.29) is 18.3 Å². The van der Waals surface area contributed by atoms with E-state index in [0.29, 0.717) is 18.0 Å². The highest BCUT2D eigenvalue weighted by molar-refractivity contribution is 7.16. The molecular formula is C19H26ClN5OS. The number of fused-ring (bicyclic) bond motifs is 3. The summed E-state index contributed by atoms with van der Waals surface area (Å²) in [5, 5.41) is 6.68. The summed E-state index contributed by atoms with van der Waals surface area (Å²) in [6.07, 6.45) is 7.13. The number of carbonyl (C=O) groups excluding carboxylic acids is 1. The molecule has 3 aliphatic rings. The van der Waals surface area contributed by atoms with Crippen molar-refractivity contribution in [3.05, 3.63) is 17.8 Å². The molecule has 3 saturated heterocycles.